The van der Waals surface area contributed by atoms with Gasteiger partial charge in [-0.2, -0.15) is 0 Å². The lowest BCUT2D eigenvalue weighted by atomic mass is 9.86. The number of hydrogen-bond donors (Lipinski definition) is 2. The first-order valence-corrected chi connectivity index (χ1v) is 10.8. The van der Waals surface area contributed by atoms with Crippen LogP contribution in [0.2, 0.25) is 0 Å². The van der Waals surface area contributed by atoms with Crippen molar-refractivity contribution in [3.05, 3.63) is 0 Å². The van der Waals surface area contributed by atoms with Crippen LogP contribution in [0.15, 0.2) is 0 Å². The zero-order chi connectivity index (χ0) is 17.5. The first kappa shape index (κ1) is 18.7. The summed E-state index contributed by atoms with van der Waals surface area (Å²) in [5, 5.41) is 6.53. The molecule has 0 aromatic rings. The minimum Gasteiger partial charge on any atom is -0.353 e. The first-order valence-electron chi connectivity index (χ1n) is 10.8. The summed E-state index contributed by atoms with van der Waals surface area (Å²) in [6.45, 7) is 0. The Kier molecular flexibility index (Phi) is 7.18. The third-order valence-corrected chi connectivity index (χ3v) is 6.61. The van der Waals surface area contributed by atoms with Crippen molar-refractivity contribution in [3.63, 3.8) is 0 Å². The molecular formula is C21H36N2O2. The number of nitrogens with one attached hydrogen (secondary N) is 2. The summed E-state index contributed by atoms with van der Waals surface area (Å²) in [6, 6.07) is 0.639. The zero-order valence-electron chi connectivity index (χ0n) is 15.7. The molecular weight excluding hydrogens is 312 g/mol. The molecule has 3 rings (SSSR count). The normalized spacial score (nSPS) is 29.1. The summed E-state index contributed by atoms with van der Waals surface area (Å²) < 4.78 is 0. The van der Waals surface area contributed by atoms with Gasteiger partial charge in [-0.3, -0.25) is 9.59 Å². The topological polar surface area (TPSA) is 58.2 Å². The molecule has 0 saturated heterocycles. The largest absolute Gasteiger partial charge is 0.353 e. The highest BCUT2D eigenvalue weighted by Crippen LogP contribution is 2.27. The zero-order valence-corrected chi connectivity index (χ0v) is 15.7. The van der Waals surface area contributed by atoms with Crippen LogP contribution >= 0.6 is 0 Å². The Hall–Kier alpha value is -1.06. The Morgan fingerprint density at radius 1 is 0.640 bits per heavy atom. The van der Waals surface area contributed by atoms with Gasteiger partial charge in [-0.1, -0.05) is 38.5 Å². The van der Waals surface area contributed by atoms with E-state index in [1.54, 1.807) is 0 Å². The molecule has 4 nitrogen and oxygen atoms in total. The lowest BCUT2D eigenvalue weighted by molar-refractivity contribution is -0.127. The van der Waals surface area contributed by atoms with E-state index in [-0.39, 0.29) is 17.7 Å². The maximum Gasteiger partial charge on any atom is 0.223 e. The van der Waals surface area contributed by atoms with Gasteiger partial charge in [0.25, 0.3) is 0 Å². The highest BCUT2D eigenvalue weighted by molar-refractivity contribution is 5.79. The highest BCUT2D eigenvalue weighted by atomic mass is 16.2. The van der Waals surface area contributed by atoms with Crippen LogP contribution in [-0.2, 0) is 9.59 Å². The van der Waals surface area contributed by atoms with Crippen LogP contribution in [0.1, 0.15) is 96.3 Å². The molecule has 0 aromatic heterocycles. The van der Waals surface area contributed by atoms with Crippen LogP contribution in [0.25, 0.3) is 0 Å². The third-order valence-electron chi connectivity index (χ3n) is 6.61. The summed E-state index contributed by atoms with van der Waals surface area (Å²) >= 11 is 0. The van der Waals surface area contributed by atoms with Crippen LogP contribution in [-0.4, -0.2) is 23.9 Å². The van der Waals surface area contributed by atoms with Gasteiger partial charge >= 0.3 is 0 Å². The first-order chi connectivity index (χ1) is 12.2. The Bertz CT molecular complexity index is 431. The van der Waals surface area contributed by atoms with E-state index in [9.17, 15) is 9.59 Å². The van der Waals surface area contributed by atoms with Crippen LogP contribution < -0.4 is 10.6 Å². The fraction of sp³-hybridized carbons (Fsp3) is 0.905. The molecule has 0 radical (unpaired) electrons. The molecule has 3 saturated carbocycles. The molecule has 2 amide bonds. The number of rotatable bonds is 5. The molecule has 0 atom stereocenters. The van der Waals surface area contributed by atoms with Gasteiger partial charge in [0.15, 0.2) is 0 Å². The second-order valence-corrected chi connectivity index (χ2v) is 8.67. The number of carbonyl (C=O) groups excluding carboxylic acids is 2. The van der Waals surface area contributed by atoms with Gasteiger partial charge < -0.3 is 10.6 Å². The van der Waals surface area contributed by atoms with E-state index in [2.05, 4.69) is 10.6 Å². The number of hydrogen-bond acceptors (Lipinski definition) is 2. The van der Waals surface area contributed by atoms with Crippen molar-refractivity contribution >= 4 is 11.8 Å². The molecule has 4 heteroatoms. The second kappa shape index (κ2) is 9.59. The molecule has 25 heavy (non-hydrogen) atoms. The van der Waals surface area contributed by atoms with Gasteiger partial charge in [0.2, 0.25) is 11.8 Å². The molecule has 0 unspecified atom stereocenters. The maximum absolute atomic E-state index is 12.4. The van der Waals surface area contributed by atoms with E-state index in [1.807, 2.05) is 0 Å². The minimum atomic E-state index is 0.251. The van der Waals surface area contributed by atoms with Crippen molar-refractivity contribution in [1.82, 2.24) is 10.6 Å². The van der Waals surface area contributed by atoms with E-state index in [4.69, 9.17) is 0 Å². The highest BCUT2D eigenvalue weighted by Gasteiger charge is 2.27. The van der Waals surface area contributed by atoms with Gasteiger partial charge in [-0.15, -0.1) is 0 Å². The van der Waals surface area contributed by atoms with Crippen molar-refractivity contribution in [2.45, 2.75) is 108 Å². The third kappa shape index (κ3) is 6.00. The molecule has 0 heterocycles. The van der Waals surface area contributed by atoms with Crippen LogP contribution in [0, 0.1) is 11.8 Å². The predicted molar refractivity (Wildman–Crippen MR) is 100 cm³/mol. The van der Waals surface area contributed by atoms with Crippen molar-refractivity contribution in [1.29, 1.82) is 0 Å². The Balaban J connectivity index is 1.32. The molecule has 0 bridgehead atoms. The second-order valence-electron chi connectivity index (χ2n) is 8.67. The van der Waals surface area contributed by atoms with Crippen molar-refractivity contribution in [2.75, 3.05) is 0 Å². The summed E-state index contributed by atoms with van der Waals surface area (Å²) in [6.07, 6.45) is 17.0. The van der Waals surface area contributed by atoms with E-state index < -0.39 is 0 Å². The van der Waals surface area contributed by atoms with Crippen molar-refractivity contribution in [2.24, 2.45) is 11.8 Å². The van der Waals surface area contributed by atoms with Crippen molar-refractivity contribution < 1.29 is 9.59 Å². The molecule has 0 aliphatic heterocycles. The molecule has 0 spiro atoms. The smallest absolute Gasteiger partial charge is 0.223 e. The van der Waals surface area contributed by atoms with Crippen LogP contribution in [0.5, 0.6) is 0 Å². The fourth-order valence-electron chi connectivity index (χ4n) is 5.01. The Labute approximate surface area is 152 Å². The Morgan fingerprint density at radius 2 is 1.16 bits per heavy atom. The predicted octanol–water partition coefficient (Wildman–Crippen LogP) is 4.08. The summed E-state index contributed by atoms with van der Waals surface area (Å²) in [4.78, 5) is 24.6. The molecule has 2 N–H and O–H groups in total. The van der Waals surface area contributed by atoms with Crippen LogP contribution in [0.4, 0.5) is 0 Å². The fourth-order valence-corrected chi connectivity index (χ4v) is 5.01. The monoisotopic (exact) mass is 348 g/mol. The van der Waals surface area contributed by atoms with Gasteiger partial charge in [0.1, 0.15) is 0 Å². The standard InChI is InChI=1S/C21H36N2O2/c24-20(15-16-7-3-1-4-8-16)22-18-11-13-19(14-12-18)23-21(25)17-9-5-2-6-10-17/h16-19H,1-15H2,(H,22,24)(H,23,25). The Morgan fingerprint density at radius 3 is 1.76 bits per heavy atom. The van der Waals surface area contributed by atoms with Gasteiger partial charge in [0.05, 0.1) is 0 Å². The van der Waals surface area contributed by atoms with Crippen LogP contribution in [0.3, 0.4) is 0 Å². The SMILES string of the molecule is O=C(CC1CCCCC1)NC1CCC(NC(=O)C2CCCCC2)CC1. The molecule has 3 aliphatic carbocycles. The summed E-state index contributed by atoms with van der Waals surface area (Å²) in [5.74, 6) is 1.40. The number of amides is 2. The molecule has 142 valence electrons. The van der Waals surface area contributed by atoms with E-state index in [0.29, 0.717) is 18.0 Å². The quantitative estimate of drug-likeness (QED) is 0.786. The van der Waals surface area contributed by atoms with Crippen molar-refractivity contribution in [3.8, 4) is 0 Å². The average Bonchev–Trinajstić information content (AvgIpc) is 2.65. The lowest BCUT2D eigenvalue weighted by Gasteiger charge is -2.32. The molecule has 3 fully saturated rings. The van der Waals surface area contributed by atoms with E-state index in [1.165, 1.54) is 51.4 Å². The average molecular weight is 349 g/mol. The minimum absolute atomic E-state index is 0.251. The molecule has 3 aliphatic rings. The van der Waals surface area contributed by atoms with Gasteiger partial charge in [-0.05, 0) is 57.3 Å². The summed E-state index contributed by atoms with van der Waals surface area (Å²) in [5.41, 5.74) is 0. The van der Waals surface area contributed by atoms with Gasteiger partial charge in [0, 0.05) is 24.4 Å². The number of carbonyl (C=O) groups is 2. The summed E-state index contributed by atoms with van der Waals surface area (Å²) in [7, 11) is 0. The van der Waals surface area contributed by atoms with Gasteiger partial charge in [-0.25, -0.2) is 0 Å². The maximum atomic E-state index is 12.4. The lowest BCUT2D eigenvalue weighted by Crippen LogP contribution is -2.45. The van der Waals surface area contributed by atoms with E-state index in [0.717, 1.165) is 44.9 Å². The van der Waals surface area contributed by atoms with E-state index >= 15 is 0 Å². The molecule has 0 aromatic carbocycles.